The van der Waals surface area contributed by atoms with Crippen LogP contribution in [-0.4, -0.2) is 12.1 Å². The lowest BCUT2D eigenvalue weighted by Crippen LogP contribution is -2.37. The van der Waals surface area contributed by atoms with Crippen LogP contribution in [0.1, 0.15) is 19.8 Å². The van der Waals surface area contributed by atoms with Crippen molar-refractivity contribution >= 4 is 0 Å². The molecule has 1 saturated carbocycles. The molecule has 4 nitrogen and oxygen atoms in total. The minimum atomic E-state index is -0.612. The molecule has 0 aromatic carbocycles. The van der Waals surface area contributed by atoms with Gasteiger partial charge in [-0.05, 0) is 18.8 Å². The van der Waals surface area contributed by atoms with Gasteiger partial charge in [0.15, 0.2) is 0 Å². The molecule has 0 saturated heterocycles. The first-order valence-electron chi connectivity index (χ1n) is 4.34. The number of terminal acetylenes is 1. The lowest BCUT2D eigenvalue weighted by atomic mass is 9.77. The van der Waals surface area contributed by atoms with Gasteiger partial charge in [-0.15, -0.1) is 12.3 Å². The van der Waals surface area contributed by atoms with Crippen LogP contribution in [-0.2, 0) is 0 Å². The Bertz CT molecular complexity index is 246. The van der Waals surface area contributed by atoms with Crippen molar-refractivity contribution in [2.45, 2.75) is 31.8 Å². The lowest BCUT2D eigenvalue weighted by molar-refractivity contribution is 0.260. The molecule has 0 N–H and O–H groups in total. The first-order chi connectivity index (χ1) is 6.22. The van der Waals surface area contributed by atoms with Gasteiger partial charge in [0.2, 0.25) is 0 Å². The first-order valence-corrected chi connectivity index (χ1v) is 4.34. The highest BCUT2D eigenvalue weighted by molar-refractivity contribution is 5.06. The average molecular weight is 180 g/mol. The zero-order chi connectivity index (χ0) is 9.84. The minimum absolute atomic E-state index is 0.219. The van der Waals surface area contributed by atoms with E-state index in [-0.39, 0.29) is 5.92 Å². The molecule has 0 radical (unpaired) electrons. The Labute approximate surface area is 77.0 Å². The molecule has 1 rings (SSSR count). The van der Waals surface area contributed by atoms with Crippen molar-refractivity contribution in [3.8, 4) is 12.3 Å². The summed E-state index contributed by atoms with van der Waals surface area (Å²) in [5.74, 6) is 2.64. The van der Waals surface area contributed by atoms with E-state index in [1.165, 1.54) is 0 Å². The van der Waals surface area contributed by atoms with Crippen LogP contribution < -0.4 is 0 Å². The first kappa shape index (κ1) is 9.85. The van der Waals surface area contributed by atoms with Crippen molar-refractivity contribution in [2.75, 3.05) is 0 Å². The molecule has 1 aliphatic carbocycles. The van der Waals surface area contributed by atoms with Crippen LogP contribution in [0.3, 0.4) is 0 Å². The predicted molar refractivity (Wildman–Crippen MR) is 49.9 cm³/mol. The maximum Gasteiger partial charge on any atom is 0.131 e. The van der Waals surface area contributed by atoms with Gasteiger partial charge in [0.25, 0.3) is 0 Å². The third-order valence-electron chi connectivity index (χ3n) is 2.58. The van der Waals surface area contributed by atoms with Gasteiger partial charge in [-0.1, -0.05) is 17.3 Å². The Hall–Kier alpha value is -1.24. The van der Waals surface area contributed by atoms with E-state index in [2.05, 4.69) is 16.3 Å². The maximum atomic E-state index is 10.5. The summed E-state index contributed by atoms with van der Waals surface area (Å²) < 4.78 is 0. The average Bonchev–Trinajstić information content (AvgIpc) is 2.16. The molecule has 0 aromatic rings. The summed E-state index contributed by atoms with van der Waals surface area (Å²) in [4.78, 5) is 20.9. The molecule has 0 aliphatic heterocycles. The second-order valence-corrected chi connectivity index (χ2v) is 3.62. The van der Waals surface area contributed by atoms with Crippen molar-refractivity contribution in [1.82, 2.24) is 0 Å². The van der Waals surface area contributed by atoms with E-state index < -0.39 is 12.1 Å². The monoisotopic (exact) mass is 180 g/mol. The lowest BCUT2D eigenvalue weighted by Gasteiger charge is -2.30. The van der Waals surface area contributed by atoms with Crippen LogP contribution >= 0.6 is 0 Å². The maximum absolute atomic E-state index is 10.5. The molecule has 4 heteroatoms. The summed E-state index contributed by atoms with van der Waals surface area (Å²) >= 11 is 0. The van der Waals surface area contributed by atoms with Gasteiger partial charge in [0, 0.05) is 5.92 Å². The summed E-state index contributed by atoms with van der Waals surface area (Å²) in [6, 6.07) is -1.14. The van der Waals surface area contributed by atoms with Crippen molar-refractivity contribution in [3.63, 3.8) is 0 Å². The normalized spacial score (nSPS) is 39.1. The topological polar surface area (TPSA) is 58.9 Å². The Kier molecular flexibility index (Phi) is 3.13. The molecule has 0 amide bonds. The van der Waals surface area contributed by atoms with E-state index in [0.29, 0.717) is 12.3 Å². The van der Waals surface area contributed by atoms with Crippen LogP contribution in [0.25, 0.3) is 0 Å². The molecule has 1 fully saturated rings. The third kappa shape index (κ3) is 1.92. The fourth-order valence-corrected chi connectivity index (χ4v) is 1.90. The van der Waals surface area contributed by atoms with Crippen LogP contribution in [0.4, 0.5) is 0 Å². The second kappa shape index (κ2) is 4.13. The molecule has 0 spiro atoms. The van der Waals surface area contributed by atoms with E-state index in [0.717, 1.165) is 6.42 Å². The van der Waals surface area contributed by atoms with Crippen LogP contribution in [0, 0.1) is 34.0 Å². The smallest absolute Gasteiger partial charge is 0.131 e. The Balaban J connectivity index is 2.80. The summed E-state index contributed by atoms with van der Waals surface area (Å²) in [7, 11) is 0. The highest BCUT2D eigenvalue weighted by Crippen LogP contribution is 2.32. The molecule has 0 heterocycles. The highest BCUT2D eigenvalue weighted by atomic mass is 16.3. The van der Waals surface area contributed by atoms with E-state index >= 15 is 0 Å². The molecular formula is C9H12N2O2. The SMILES string of the molecule is C#C[C@H]1C[C@H](C)C[C@H](N=O)C1N=O. The Morgan fingerprint density at radius 2 is 2.00 bits per heavy atom. The molecule has 0 bridgehead atoms. The fourth-order valence-electron chi connectivity index (χ4n) is 1.90. The van der Waals surface area contributed by atoms with Crippen molar-refractivity contribution in [1.29, 1.82) is 0 Å². The quantitative estimate of drug-likeness (QED) is 0.481. The van der Waals surface area contributed by atoms with Gasteiger partial charge in [0.05, 0.1) is 0 Å². The summed E-state index contributed by atoms with van der Waals surface area (Å²) in [5.41, 5.74) is 0. The van der Waals surface area contributed by atoms with Gasteiger partial charge in [0.1, 0.15) is 12.1 Å². The van der Waals surface area contributed by atoms with E-state index in [1.54, 1.807) is 0 Å². The van der Waals surface area contributed by atoms with Gasteiger partial charge in [-0.3, -0.25) is 0 Å². The molecule has 1 aliphatic rings. The molecule has 70 valence electrons. The third-order valence-corrected chi connectivity index (χ3v) is 2.58. The number of rotatable bonds is 2. The molecule has 13 heavy (non-hydrogen) atoms. The second-order valence-electron chi connectivity index (χ2n) is 3.62. The number of hydrogen-bond acceptors (Lipinski definition) is 4. The van der Waals surface area contributed by atoms with E-state index in [9.17, 15) is 9.81 Å². The molecular weight excluding hydrogens is 168 g/mol. The standard InChI is InChI=1S/C9H12N2O2/c1-3-7-4-6(2)5-8(10-12)9(7)11-13/h1,6-9H,4-5H2,2H3/t6-,7-,8-,9?/m0/s1. The molecule has 4 atom stereocenters. The van der Waals surface area contributed by atoms with Gasteiger partial charge in [-0.25, -0.2) is 0 Å². The summed E-state index contributed by atoms with van der Waals surface area (Å²) in [5, 5.41) is 5.81. The van der Waals surface area contributed by atoms with Gasteiger partial charge in [-0.2, -0.15) is 9.81 Å². The Morgan fingerprint density at radius 1 is 1.31 bits per heavy atom. The molecule has 0 aromatic heterocycles. The predicted octanol–water partition coefficient (Wildman–Crippen LogP) is 1.94. The zero-order valence-electron chi connectivity index (χ0n) is 7.51. The van der Waals surface area contributed by atoms with Crippen molar-refractivity contribution in [3.05, 3.63) is 9.81 Å². The number of nitroso groups, excluding NO2 is 2. The fraction of sp³-hybridized carbons (Fsp3) is 0.778. The number of nitrogens with zero attached hydrogens (tertiary/aromatic N) is 2. The summed E-state index contributed by atoms with van der Waals surface area (Å²) in [6.07, 6.45) is 6.64. The van der Waals surface area contributed by atoms with Crippen molar-refractivity contribution < 1.29 is 0 Å². The van der Waals surface area contributed by atoms with E-state index in [4.69, 9.17) is 6.42 Å². The largest absolute Gasteiger partial charge is 0.150 e. The Morgan fingerprint density at radius 3 is 2.46 bits per heavy atom. The zero-order valence-corrected chi connectivity index (χ0v) is 7.51. The van der Waals surface area contributed by atoms with Gasteiger partial charge >= 0.3 is 0 Å². The van der Waals surface area contributed by atoms with Gasteiger partial charge < -0.3 is 0 Å². The van der Waals surface area contributed by atoms with Crippen LogP contribution in [0.15, 0.2) is 10.4 Å². The molecule has 1 unspecified atom stereocenters. The minimum Gasteiger partial charge on any atom is -0.150 e. The van der Waals surface area contributed by atoms with Crippen LogP contribution in [0.5, 0.6) is 0 Å². The van der Waals surface area contributed by atoms with Crippen LogP contribution in [0.2, 0.25) is 0 Å². The highest BCUT2D eigenvalue weighted by Gasteiger charge is 2.37. The summed E-state index contributed by atoms with van der Waals surface area (Å²) in [6.45, 7) is 2.00. The number of hydrogen-bond donors (Lipinski definition) is 0. The van der Waals surface area contributed by atoms with Crippen molar-refractivity contribution in [2.24, 2.45) is 22.2 Å². The van der Waals surface area contributed by atoms with E-state index in [1.807, 2.05) is 6.92 Å².